The Hall–Kier alpha value is -3.16. The number of hydrogen-bond acceptors (Lipinski definition) is 5. The van der Waals surface area contributed by atoms with E-state index in [9.17, 15) is 14.4 Å². The lowest BCUT2D eigenvalue weighted by Crippen LogP contribution is -2.34. The molecule has 8 nitrogen and oxygen atoms in total. The quantitative estimate of drug-likeness (QED) is 0.259. The van der Waals surface area contributed by atoms with Crippen molar-refractivity contribution in [2.24, 2.45) is 4.99 Å². The molecule has 1 rings (SSSR count). The van der Waals surface area contributed by atoms with Gasteiger partial charge in [0.1, 0.15) is 5.84 Å². The summed E-state index contributed by atoms with van der Waals surface area (Å²) in [7, 11) is 3.64. The van der Waals surface area contributed by atoms with Gasteiger partial charge in [-0.1, -0.05) is 30.3 Å². The van der Waals surface area contributed by atoms with E-state index in [-0.39, 0.29) is 30.4 Å². The van der Waals surface area contributed by atoms with Gasteiger partial charge in [-0.05, 0) is 38.3 Å². The summed E-state index contributed by atoms with van der Waals surface area (Å²) in [6.07, 6.45) is 4.53. The van der Waals surface area contributed by atoms with Crippen LogP contribution in [0.1, 0.15) is 38.7 Å². The number of amidine groups is 1. The first-order chi connectivity index (χ1) is 14.3. The second-order valence-corrected chi connectivity index (χ2v) is 7.24. The van der Waals surface area contributed by atoms with Crippen LogP contribution >= 0.6 is 0 Å². The minimum atomic E-state index is -0.368. The molecule has 0 aromatic heterocycles. The zero-order valence-corrected chi connectivity index (χ0v) is 18.2. The molecule has 0 unspecified atom stereocenters. The number of nitrogens with one attached hydrogen (secondary N) is 1. The van der Waals surface area contributed by atoms with E-state index >= 15 is 0 Å². The van der Waals surface area contributed by atoms with Crippen LogP contribution in [0, 0.1) is 0 Å². The molecule has 0 bridgehead atoms. The minimum absolute atomic E-state index is 0.190. The molecule has 3 amide bonds. The van der Waals surface area contributed by atoms with Crippen LogP contribution in [0.3, 0.4) is 0 Å². The van der Waals surface area contributed by atoms with E-state index in [1.165, 1.54) is 0 Å². The molecule has 1 aromatic rings. The molecular weight excluding hydrogens is 384 g/mol. The standard InChI is InChI=1S/C22H32N4O4/c1-18(2)30-22(29)26(16-19-10-6-5-7-11-19)14-9-8-12-21(28)24-20(23-17-27)13-15-25(3)4/h5-7,10-11,13,15,17-18H,8-9,12,14,16H2,1-4H3,(H,23,24,27,28)/b15-13-. The second-order valence-electron chi connectivity index (χ2n) is 7.24. The highest BCUT2D eigenvalue weighted by molar-refractivity contribution is 6.06. The number of ether oxygens (including phenoxy) is 1. The van der Waals surface area contributed by atoms with Gasteiger partial charge in [0.25, 0.3) is 0 Å². The number of amides is 3. The maximum atomic E-state index is 12.4. The van der Waals surface area contributed by atoms with Crippen LogP contribution in [0.25, 0.3) is 0 Å². The third kappa shape index (κ3) is 11.0. The first-order valence-electron chi connectivity index (χ1n) is 9.97. The number of nitrogens with zero attached hydrogens (tertiary/aromatic N) is 3. The Morgan fingerprint density at radius 1 is 1.17 bits per heavy atom. The Labute approximate surface area is 178 Å². The van der Waals surface area contributed by atoms with Gasteiger partial charge in [0.15, 0.2) is 0 Å². The normalized spacial score (nSPS) is 11.4. The molecule has 0 aliphatic rings. The van der Waals surface area contributed by atoms with E-state index in [0.717, 1.165) is 5.56 Å². The fraction of sp³-hybridized carbons (Fsp3) is 0.455. The van der Waals surface area contributed by atoms with Crippen molar-refractivity contribution in [1.29, 1.82) is 0 Å². The zero-order chi connectivity index (χ0) is 22.4. The lowest BCUT2D eigenvalue weighted by molar-refractivity contribution is -0.119. The van der Waals surface area contributed by atoms with Crippen molar-refractivity contribution in [3.63, 3.8) is 0 Å². The fourth-order valence-corrected chi connectivity index (χ4v) is 2.50. The Balaban J connectivity index is 2.54. The highest BCUT2D eigenvalue weighted by atomic mass is 16.6. The Morgan fingerprint density at radius 3 is 2.47 bits per heavy atom. The largest absolute Gasteiger partial charge is 0.447 e. The summed E-state index contributed by atoms with van der Waals surface area (Å²) in [6, 6.07) is 9.69. The first kappa shape index (κ1) is 24.9. The molecule has 0 saturated carbocycles. The molecule has 1 N–H and O–H groups in total. The van der Waals surface area contributed by atoms with E-state index in [1.807, 2.05) is 58.3 Å². The fourth-order valence-electron chi connectivity index (χ4n) is 2.50. The van der Waals surface area contributed by atoms with Crippen molar-refractivity contribution in [2.75, 3.05) is 20.6 Å². The molecule has 1 aromatic carbocycles. The van der Waals surface area contributed by atoms with Gasteiger partial charge in [-0.15, -0.1) is 0 Å². The maximum Gasteiger partial charge on any atom is 0.410 e. The van der Waals surface area contributed by atoms with Crippen molar-refractivity contribution in [3.8, 4) is 0 Å². The van der Waals surface area contributed by atoms with Gasteiger partial charge in [-0.3, -0.25) is 9.59 Å². The summed E-state index contributed by atoms with van der Waals surface area (Å²) in [5.74, 6) is -0.0479. The number of aliphatic imine (C=N–C) groups is 1. The summed E-state index contributed by atoms with van der Waals surface area (Å²) in [6.45, 7) is 4.55. The van der Waals surface area contributed by atoms with Gasteiger partial charge in [-0.2, -0.15) is 4.99 Å². The van der Waals surface area contributed by atoms with E-state index in [2.05, 4.69) is 10.3 Å². The average Bonchev–Trinajstić information content (AvgIpc) is 2.68. The topological polar surface area (TPSA) is 91.3 Å². The molecule has 0 fully saturated rings. The Morgan fingerprint density at radius 2 is 1.87 bits per heavy atom. The monoisotopic (exact) mass is 416 g/mol. The molecule has 0 aliphatic carbocycles. The molecule has 0 aliphatic heterocycles. The van der Waals surface area contributed by atoms with E-state index < -0.39 is 0 Å². The van der Waals surface area contributed by atoms with Crippen molar-refractivity contribution < 1.29 is 19.1 Å². The first-order valence-corrected chi connectivity index (χ1v) is 9.97. The molecule has 0 atom stereocenters. The van der Waals surface area contributed by atoms with Crippen LogP contribution < -0.4 is 5.32 Å². The number of rotatable bonds is 11. The van der Waals surface area contributed by atoms with Crippen molar-refractivity contribution in [2.45, 2.75) is 45.8 Å². The van der Waals surface area contributed by atoms with E-state index in [4.69, 9.17) is 4.74 Å². The number of carbonyl (C=O) groups excluding carboxylic acids is 3. The number of benzene rings is 1. The summed E-state index contributed by atoms with van der Waals surface area (Å²) >= 11 is 0. The van der Waals surface area contributed by atoms with Crippen LogP contribution in [0.2, 0.25) is 0 Å². The van der Waals surface area contributed by atoms with Gasteiger partial charge in [0.2, 0.25) is 12.3 Å². The summed E-state index contributed by atoms with van der Waals surface area (Å²) in [5.41, 5.74) is 1.01. The zero-order valence-electron chi connectivity index (χ0n) is 18.2. The van der Waals surface area contributed by atoms with Crippen molar-refractivity contribution in [1.82, 2.24) is 15.1 Å². The molecule has 0 heterocycles. The Kier molecular flexibility index (Phi) is 11.5. The van der Waals surface area contributed by atoms with Gasteiger partial charge in [0.05, 0.1) is 6.10 Å². The third-order valence-electron chi connectivity index (χ3n) is 3.88. The predicted octanol–water partition coefficient (Wildman–Crippen LogP) is 2.95. The van der Waals surface area contributed by atoms with Gasteiger partial charge >= 0.3 is 6.09 Å². The molecular formula is C22H32N4O4. The van der Waals surface area contributed by atoms with Crippen LogP contribution in [0.4, 0.5) is 4.79 Å². The van der Waals surface area contributed by atoms with Gasteiger partial charge in [-0.25, -0.2) is 4.79 Å². The number of carbonyl (C=O) groups is 3. The van der Waals surface area contributed by atoms with E-state index in [0.29, 0.717) is 32.3 Å². The lowest BCUT2D eigenvalue weighted by Gasteiger charge is -2.23. The second kappa shape index (κ2) is 13.9. The number of unbranched alkanes of at least 4 members (excludes halogenated alkanes) is 1. The molecule has 164 valence electrons. The van der Waals surface area contributed by atoms with Crippen LogP contribution in [-0.2, 0) is 20.9 Å². The summed E-state index contributed by atoms with van der Waals surface area (Å²) < 4.78 is 5.34. The maximum absolute atomic E-state index is 12.4. The van der Waals surface area contributed by atoms with Gasteiger partial charge < -0.3 is 19.9 Å². The van der Waals surface area contributed by atoms with Crippen LogP contribution in [-0.4, -0.2) is 60.8 Å². The summed E-state index contributed by atoms with van der Waals surface area (Å²) in [4.78, 5) is 42.2. The van der Waals surface area contributed by atoms with Crippen molar-refractivity contribution >= 4 is 24.2 Å². The highest BCUT2D eigenvalue weighted by Crippen LogP contribution is 2.10. The Bertz CT molecular complexity index is 730. The lowest BCUT2D eigenvalue weighted by atomic mass is 10.2. The van der Waals surface area contributed by atoms with Crippen molar-refractivity contribution in [3.05, 3.63) is 48.2 Å². The summed E-state index contributed by atoms with van der Waals surface area (Å²) in [5, 5.41) is 2.61. The van der Waals surface area contributed by atoms with Gasteiger partial charge in [0, 0.05) is 39.8 Å². The average molecular weight is 417 g/mol. The molecule has 0 saturated heterocycles. The van der Waals surface area contributed by atoms with E-state index in [1.54, 1.807) is 22.1 Å². The third-order valence-corrected chi connectivity index (χ3v) is 3.88. The molecule has 0 radical (unpaired) electrons. The minimum Gasteiger partial charge on any atom is -0.447 e. The predicted molar refractivity (Wildman–Crippen MR) is 117 cm³/mol. The van der Waals surface area contributed by atoms with Crippen LogP contribution in [0.5, 0.6) is 0 Å². The van der Waals surface area contributed by atoms with Crippen LogP contribution in [0.15, 0.2) is 47.6 Å². The smallest absolute Gasteiger partial charge is 0.410 e. The molecule has 30 heavy (non-hydrogen) atoms. The number of hydrogen-bond donors (Lipinski definition) is 1. The molecule has 8 heteroatoms. The molecule has 0 spiro atoms. The highest BCUT2D eigenvalue weighted by Gasteiger charge is 2.16. The SMILES string of the molecule is CC(C)OC(=O)N(CCCCC(=O)NC(/C=C\N(C)C)=NC=O)Cc1ccccc1.